The van der Waals surface area contributed by atoms with Gasteiger partial charge in [0.25, 0.3) is 0 Å². The van der Waals surface area contributed by atoms with E-state index in [9.17, 15) is 4.79 Å². The molecule has 7 heteroatoms. The first-order valence-corrected chi connectivity index (χ1v) is 7.83. The van der Waals surface area contributed by atoms with Gasteiger partial charge >= 0.3 is 5.97 Å². The number of nitrogens with one attached hydrogen (secondary N) is 1. The van der Waals surface area contributed by atoms with Crippen molar-refractivity contribution in [2.75, 3.05) is 11.9 Å². The van der Waals surface area contributed by atoms with Crippen LogP contribution in [0.5, 0.6) is 0 Å². The van der Waals surface area contributed by atoms with Gasteiger partial charge in [-0.25, -0.2) is 0 Å². The van der Waals surface area contributed by atoms with E-state index >= 15 is 0 Å². The highest BCUT2D eigenvalue weighted by atomic mass is 32.2. The standard InChI is InChI=1S/C11H17N3O2S2/c1-3-4-5-12-10-13-14-11(18-10)17-8-6-7(2)16-9(8)15/h7-8H,3-6H2,1-2H3,(H,12,13). The largest absolute Gasteiger partial charge is 0.462 e. The van der Waals surface area contributed by atoms with Crippen LogP contribution in [0.1, 0.15) is 33.1 Å². The number of anilines is 1. The smallest absolute Gasteiger partial charge is 0.319 e. The first-order chi connectivity index (χ1) is 8.69. The Morgan fingerprint density at radius 3 is 3.06 bits per heavy atom. The van der Waals surface area contributed by atoms with Gasteiger partial charge in [0.2, 0.25) is 5.13 Å². The van der Waals surface area contributed by atoms with Crippen LogP contribution in [-0.4, -0.2) is 34.1 Å². The molecule has 5 nitrogen and oxygen atoms in total. The summed E-state index contributed by atoms with van der Waals surface area (Å²) < 4.78 is 5.94. The SMILES string of the molecule is CCCCNc1nnc(SC2CC(C)OC2=O)s1. The Kier molecular flexibility index (Phi) is 4.82. The molecule has 0 saturated carbocycles. The second-order valence-corrected chi connectivity index (χ2v) is 6.67. The molecule has 0 aliphatic carbocycles. The molecule has 1 N–H and O–H groups in total. The highest BCUT2D eigenvalue weighted by molar-refractivity contribution is 8.02. The number of carbonyl (C=O) groups is 1. The van der Waals surface area contributed by atoms with Crippen molar-refractivity contribution < 1.29 is 9.53 Å². The van der Waals surface area contributed by atoms with Crippen molar-refractivity contribution >= 4 is 34.2 Å². The summed E-state index contributed by atoms with van der Waals surface area (Å²) in [6, 6.07) is 0. The number of ether oxygens (including phenoxy) is 1. The van der Waals surface area contributed by atoms with Gasteiger partial charge in [0.15, 0.2) is 4.34 Å². The number of unbranched alkanes of at least 4 members (excludes halogenated alkanes) is 1. The quantitative estimate of drug-likeness (QED) is 0.641. The van der Waals surface area contributed by atoms with Gasteiger partial charge in [-0.15, -0.1) is 10.2 Å². The van der Waals surface area contributed by atoms with Crippen LogP contribution < -0.4 is 5.32 Å². The van der Waals surface area contributed by atoms with Crippen molar-refractivity contribution in [2.24, 2.45) is 0 Å². The van der Waals surface area contributed by atoms with E-state index in [1.807, 2.05) is 6.92 Å². The van der Waals surface area contributed by atoms with E-state index in [2.05, 4.69) is 22.4 Å². The first-order valence-electron chi connectivity index (χ1n) is 6.13. The van der Waals surface area contributed by atoms with Crippen LogP contribution >= 0.6 is 23.1 Å². The van der Waals surface area contributed by atoms with Crippen LogP contribution in [0.3, 0.4) is 0 Å². The average Bonchev–Trinajstić information content (AvgIpc) is 2.88. The zero-order chi connectivity index (χ0) is 13.0. The topological polar surface area (TPSA) is 64.1 Å². The summed E-state index contributed by atoms with van der Waals surface area (Å²) >= 11 is 2.95. The molecule has 2 unspecified atom stereocenters. The van der Waals surface area contributed by atoms with Crippen LogP contribution in [0.25, 0.3) is 0 Å². The van der Waals surface area contributed by atoms with E-state index in [-0.39, 0.29) is 17.3 Å². The minimum Gasteiger partial charge on any atom is -0.462 e. The van der Waals surface area contributed by atoms with Gasteiger partial charge in [0.1, 0.15) is 11.4 Å². The lowest BCUT2D eigenvalue weighted by Gasteiger charge is -2.00. The fourth-order valence-corrected chi connectivity index (χ4v) is 3.77. The third kappa shape index (κ3) is 3.58. The Balaban J connectivity index is 1.84. The van der Waals surface area contributed by atoms with Crippen molar-refractivity contribution in [1.82, 2.24) is 10.2 Å². The van der Waals surface area contributed by atoms with E-state index in [0.717, 1.165) is 35.3 Å². The summed E-state index contributed by atoms with van der Waals surface area (Å²) in [6.45, 7) is 4.98. The van der Waals surface area contributed by atoms with Crippen molar-refractivity contribution in [3.05, 3.63) is 0 Å². The number of aromatic nitrogens is 2. The number of hydrogen-bond donors (Lipinski definition) is 1. The molecule has 1 aliphatic heterocycles. The minimum atomic E-state index is -0.136. The third-order valence-corrected chi connectivity index (χ3v) is 4.75. The van der Waals surface area contributed by atoms with Gasteiger partial charge in [-0.2, -0.15) is 0 Å². The maximum Gasteiger partial charge on any atom is 0.319 e. The lowest BCUT2D eigenvalue weighted by molar-refractivity contribution is -0.140. The van der Waals surface area contributed by atoms with Crippen molar-refractivity contribution in [3.8, 4) is 0 Å². The molecule has 1 aromatic heterocycles. The lowest BCUT2D eigenvalue weighted by atomic mass is 10.3. The number of esters is 1. The number of cyclic esters (lactones) is 1. The Morgan fingerprint density at radius 1 is 1.56 bits per heavy atom. The van der Waals surface area contributed by atoms with Crippen LogP contribution in [0.2, 0.25) is 0 Å². The number of thioether (sulfide) groups is 1. The predicted octanol–water partition coefficient (Wildman–Crippen LogP) is 2.55. The summed E-state index contributed by atoms with van der Waals surface area (Å²) in [7, 11) is 0. The third-order valence-electron chi connectivity index (χ3n) is 2.58. The molecule has 2 heterocycles. The molecule has 2 atom stereocenters. The number of nitrogens with zero attached hydrogens (tertiary/aromatic N) is 2. The van der Waals surface area contributed by atoms with E-state index < -0.39 is 0 Å². The number of carbonyl (C=O) groups excluding carboxylic acids is 1. The summed E-state index contributed by atoms with van der Waals surface area (Å²) in [5.74, 6) is -0.136. The summed E-state index contributed by atoms with van der Waals surface area (Å²) in [4.78, 5) is 11.5. The molecule has 2 rings (SSSR count). The highest BCUT2D eigenvalue weighted by Crippen LogP contribution is 2.34. The Hall–Kier alpha value is -0.820. The summed E-state index contributed by atoms with van der Waals surface area (Å²) in [6.07, 6.45) is 3.04. The molecule has 0 radical (unpaired) electrons. The first kappa shape index (κ1) is 13.6. The fourth-order valence-electron chi connectivity index (χ4n) is 1.64. The molecule has 1 saturated heterocycles. The van der Waals surface area contributed by atoms with Crippen LogP contribution in [-0.2, 0) is 9.53 Å². The molecule has 1 aliphatic rings. The van der Waals surface area contributed by atoms with Gasteiger partial charge in [-0.3, -0.25) is 4.79 Å². The number of hydrogen-bond acceptors (Lipinski definition) is 7. The molecular formula is C11H17N3O2S2. The van der Waals surface area contributed by atoms with Crippen molar-refractivity contribution in [2.45, 2.75) is 48.8 Å². The predicted molar refractivity (Wildman–Crippen MR) is 73.1 cm³/mol. The zero-order valence-electron chi connectivity index (χ0n) is 10.5. The average molecular weight is 287 g/mol. The Bertz CT molecular complexity index is 411. The monoisotopic (exact) mass is 287 g/mol. The van der Waals surface area contributed by atoms with Crippen LogP contribution in [0.15, 0.2) is 4.34 Å². The van der Waals surface area contributed by atoms with Gasteiger partial charge in [0, 0.05) is 13.0 Å². The molecule has 0 bridgehead atoms. The van der Waals surface area contributed by atoms with Gasteiger partial charge in [0.05, 0.1) is 0 Å². The molecule has 0 aromatic carbocycles. The highest BCUT2D eigenvalue weighted by Gasteiger charge is 2.33. The van der Waals surface area contributed by atoms with Crippen molar-refractivity contribution in [1.29, 1.82) is 0 Å². The molecule has 0 spiro atoms. The summed E-state index contributed by atoms with van der Waals surface area (Å²) in [5.41, 5.74) is 0. The maximum atomic E-state index is 11.5. The van der Waals surface area contributed by atoms with Gasteiger partial charge in [-0.1, -0.05) is 36.4 Å². The van der Waals surface area contributed by atoms with Crippen molar-refractivity contribution in [3.63, 3.8) is 0 Å². The van der Waals surface area contributed by atoms with E-state index in [1.54, 1.807) is 0 Å². The molecular weight excluding hydrogens is 270 g/mol. The Labute approximate surface area is 115 Å². The minimum absolute atomic E-state index is 0.0186. The molecule has 0 amide bonds. The number of rotatable bonds is 6. The summed E-state index contributed by atoms with van der Waals surface area (Å²) in [5, 5.41) is 12.1. The molecule has 1 fully saturated rings. The van der Waals surface area contributed by atoms with E-state index in [1.165, 1.54) is 23.1 Å². The fraction of sp³-hybridized carbons (Fsp3) is 0.727. The second kappa shape index (κ2) is 6.38. The van der Waals surface area contributed by atoms with Crippen LogP contribution in [0.4, 0.5) is 5.13 Å². The zero-order valence-corrected chi connectivity index (χ0v) is 12.1. The maximum absolute atomic E-state index is 11.5. The molecule has 100 valence electrons. The normalized spacial score (nSPS) is 23.1. The van der Waals surface area contributed by atoms with Crippen LogP contribution in [0, 0.1) is 0 Å². The molecule has 1 aromatic rings. The van der Waals surface area contributed by atoms with Gasteiger partial charge < -0.3 is 10.1 Å². The molecule has 18 heavy (non-hydrogen) atoms. The van der Waals surface area contributed by atoms with Gasteiger partial charge in [-0.05, 0) is 13.3 Å². The lowest BCUT2D eigenvalue weighted by Crippen LogP contribution is -2.08. The van der Waals surface area contributed by atoms with E-state index in [0.29, 0.717) is 0 Å². The Morgan fingerprint density at radius 2 is 2.39 bits per heavy atom. The second-order valence-electron chi connectivity index (χ2n) is 4.24. The van der Waals surface area contributed by atoms with E-state index in [4.69, 9.17) is 4.74 Å².